The van der Waals surface area contributed by atoms with Crippen molar-refractivity contribution in [3.8, 4) is 5.69 Å². The summed E-state index contributed by atoms with van der Waals surface area (Å²) in [5.41, 5.74) is 14.1. The summed E-state index contributed by atoms with van der Waals surface area (Å²) in [6.07, 6.45) is 15.5. The second kappa shape index (κ2) is 40.7. The van der Waals surface area contributed by atoms with Gasteiger partial charge in [-0.2, -0.15) is 4.99 Å². The monoisotopic (exact) mass is 1540 g/mol. The van der Waals surface area contributed by atoms with Crippen LogP contribution in [0.15, 0.2) is 102 Å². The van der Waals surface area contributed by atoms with Crippen LogP contribution in [-0.2, 0) is 43.2 Å². The number of isothiocyanates is 1. The van der Waals surface area contributed by atoms with E-state index in [0.717, 1.165) is 106 Å². The second-order valence-corrected chi connectivity index (χ2v) is 28.7. The summed E-state index contributed by atoms with van der Waals surface area (Å²) in [7, 11) is 2.00. The number of aryl methyl sites for hydroxylation is 3. The molecular weight excluding hydrogens is 1460 g/mol. The van der Waals surface area contributed by atoms with Crippen LogP contribution in [0.1, 0.15) is 137 Å². The summed E-state index contributed by atoms with van der Waals surface area (Å²) in [5, 5.41) is 19.1. The van der Waals surface area contributed by atoms with Gasteiger partial charge in [0, 0.05) is 125 Å². The van der Waals surface area contributed by atoms with Gasteiger partial charge in [-0.1, -0.05) is 75.1 Å². The van der Waals surface area contributed by atoms with Gasteiger partial charge in [0.15, 0.2) is 24.6 Å². The molecule has 5 aromatic carbocycles. The van der Waals surface area contributed by atoms with Crippen LogP contribution in [0.5, 0.6) is 0 Å². The number of rotatable bonds is 18. The standard InChI is InChI=1S/C26H26FN3O2S.C16H21N3O.C11H16N2O.C9H5FN2S.C4H9NSi.C4H6O.I2/c1-4-20(31)8-5-7-18-9-11-19(12-10-18)30-25(33)29(24(32)26(30)15-6-16-26)22-14-13-21(28-3)17(2)23(22)27;1-17-15(20)6-3-5-13-7-9-14(10-8-13)19-16(18-2)11-4-12-16;1-13-11(14)4-2-3-9-5-7-10(12)8-6-9;1-6-7(11-2)3-4-8(9(6)10)12-5-13;1-6(2,3)4-5;5-4-2-1-3-4;1-2/h9-14H,4-8,15-16H2,1-2H3;7-10,19H,3-6,11-12H2,1H3,(H,17,20);5-8H,2-4,12H2,1H3,(H,13,14);3-4H,1H3;1-3H3;1-3H2;. The Morgan fingerprint density at radius 2 is 1.17 bits per heavy atom. The van der Waals surface area contributed by atoms with Crippen molar-refractivity contribution in [2.75, 3.05) is 34.9 Å². The molecule has 0 aromatic heterocycles. The third-order valence-corrected chi connectivity index (χ3v) is 16.8. The predicted molar refractivity (Wildman–Crippen MR) is 397 cm³/mol. The summed E-state index contributed by atoms with van der Waals surface area (Å²) >= 11 is 14.3. The maximum absolute atomic E-state index is 15.2. The summed E-state index contributed by atoms with van der Waals surface area (Å²) in [4.78, 5) is 74.0. The van der Waals surface area contributed by atoms with E-state index in [1.54, 1.807) is 21.0 Å². The number of amides is 3. The molecule has 5 aromatic rings. The fraction of sp³-hybridized carbons (Fsp3) is 0.414. The number of ketones is 2. The first-order valence-corrected chi connectivity index (χ1v) is 41.3. The Balaban J connectivity index is 0.000000321. The second-order valence-electron chi connectivity index (χ2n) is 23.4. The van der Waals surface area contributed by atoms with Gasteiger partial charge >= 0.3 is 5.66 Å². The number of aliphatic imine (C=N–C) groups is 1. The molecule has 4 fully saturated rings. The van der Waals surface area contributed by atoms with Crippen molar-refractivity contribution in [1.29, 1.82) is 5.26 Å². The molecule has 1 saturated heterocycles. The van der Waals surface area contributed by atoms with Crippen molar-refractivity contribution in [3.63, 3.8) is 0 Å². The maximum atomic E-state index is 15.2. The fourth-order valence-corrected chi connectivity index (χ4v) is 10.1. The predicted octanol–water partition coefficient (Wildman–Crippen LogP) is 17.7. The number of nitrogens with one attached hydrogen (secondary N) is 3. The maximum Gasteiger partial charge on any atom is 0.305 e. The fourth-order valence-electron chi connectivity index (χ4n) is 9.50. The lowest BCUT2D eigenvalue weighted by Gasteiger charge is -2.43. The third-order valence-electron chi connectivity index (χ3n) is 15.7. The van der Waals surface area contributed by atoms with Gasteiger partial charge in [-0.25, -0.2) is 30.3 Å². The number of hydrogen-bond acceptors (Lipinski definition) is 11. The van der Waals surface area contributed by atoms with Crippen molar-refractivity contribution >= 4 is 149 Å². The zero-order valence-corrected chi connectivity index (χ0v) is 61.2. The zero-order valence-electron chi connectivity index (χ0n) is 54.3. The number of benzene rings is 5. The third kappa shape index (κ3) is 24.8. The van der Waals surface area contributed by atoms with Crippen molar-refractivity contribution in [3.05, 3.63) is 171 Å². The quantitative estimate of drug-likeness (QED) is 0.0162. The number of hydrogen-bond donors (Lipinski definition) is 4. The molecule has 0 bridgehead atoms. The minimum absolute atomic E-state index is 0.0901. The van der Waals surface area contributed by atoms with Gasteiger partial charge in [0.05, 0.1) is 24.0 Å². The molecule has 3 amide bonds. The van der Waals surface area contributed by atoms with Gasteiger partial charge in [-0.3, -0.25) is 33.7 Å². The first-order valence-electron chi connectivity index (χ1n) is 30.7. The number of nitriles is 1. The van der Waals surface area contributed by atoms with Crippen molar-refractivity contribution in [2.45, 2.75) is 174 Å². The SMILES string of the molecule is CNC(=O)CCCc1ccc(N)cc1.C[Si](C)(C)C#N.II.O=C1CCC1.[C-]#[N+]C1(Nc2ccc(CCCC(=O)NC)cc2)CCC1.[C-]#[N+]c1ccc(N2C(=O)C3(CCC3)N(c3ccc(CCCC(=O)CC)cc3)C2=S)c(F)c1C.[C-]#[N+]c1ccc(N=C=S)c(F)c1C. The van der Waals surface area contributed by atoms with Crippen LogP contribution in [0, 0.1) is 56.2 Å². The minimum Gasteiger partial charge on any atom is -0.399 e. The van der Waals surface area contributed by atoms with E-state index in [-0.39, 0.29) is 56.9 Å². The number of nitrogens with zero attached hydrogens (tertiary/aromatic N) is 7. The minimum atomic E-state index is -1.33. The lowest BCUT2D eigenvalue weighted by atomic mass is 9.75. The molecule has 1 spiro atoms. The number of Topliss-reactive ketones (excluding diaryl/α,β-unsaturated/α-hetero) is 2. The first-order chi connectivity index (χ1) is 44.4. The molecule has 93 heavy (non-hydrogen) atoms. The molecule has 9 rings (SSSR count). The van der Waals surface area contributed by atoms with E-state index >= 15 is 4.39 Å². The van der Waals surface area contributed by atoms with Crippen LogP contribution >= 0.6 is 61.7 Å². The molecule has 492 valence electrons. The van der Waals surface area contributed by atoms with Gasteiger partial charge < -0.3 is 26.6 Å². The molecule has 23 heteroatoms. The van der Waals surface area contributed by atoms with Gasteiger partial charge in [-0.15, -0.1) is 0 Å². The molecular formula is C70H83F2I2N11O5S2Si. The molecule has 3 saturated carbocycles. The number of nitrogens with two attached hydrogens (primary N) is 1. The summed E-state index contributed by atoms with van der Waals surface area (Å²) in [5.74, 6) is -0.419. The Bertz CT molecular complexity index is 3580. The average molecular weight is 1540 g/mol. The summed E-state index contributed by atoms with van der Waals surface area (Å²) in [6.45, 7) is 32.2. The van der Waals surface area contributed by atoms with Crippen molar-refractivity contribution in [2.24, 2.45) is 4.99 Å². The lowest BCUT2D eigenvalue weighted by molar-refractivity contribution is -0.124. The normalized spacial score (nSPS) is 14.0. The van der Waals surface area contributed by atoms with Crippen molar-refractivity contribution < 1.29 is 32.8 Å². The number of halogens is 4. The topological polar surface area (TPSA) is 203 Å². The van der Waals surface area contributed by atoms with E-state index in [0.29, 0.717) is 55.6 Å². The number of thiocarbonyl (C=S) groups is 2. The van der Waals surface area contributed by atoms with Crippen LogP contribution in [0.25, 0.3) is 14.5 Å². The number of carbonyl (C=O) groups excluding carboxylic acids is 5. The Hall–Kier alpha value is -7.36. The number of carbonyl (C=O) groups is 5. The molecule has 4 aliphatic rings. The molecule has 3 aliphatic carbocycles. The largest absolute Gasteiger partial charge is 0.399 e. The van der Waals surface area contributed by atoms with Gasteiger partial charge in [-0.05, 0) is 185 Å². The highest BCUT2D eigenvalue weighted by Crippen LogP contribution is 2.49. The Morgan fingerprint density at radius 3 is 1.56 bits per heavy atom. The van der Waals surface area contributed by atoms with Gasteiger partial charge in [0.1, 0.15) is 34.4 Å². The van der Waals surface area contributed by atoms with E-state index in [4.69, 9.17) is 42.9 Å². The Kier molecular flexibility index (Phi) is 34.9. The highest BCUT2D eigenvalue weighted by Gasteiger charge is 2.60. The Morgan fingerprint density at radius 1 is 0.720 bits per heavy atom. The van der Waals surface area contributed by atoms with E-state index in [2.05, 4.69) is 108 Å². The molecule has 1 aliphatic heterocycles. The van der Waals surface area contributed by atoms with Gasteiger partial charge in [0.2, 0.25) is 11.8 Å². The molecule has 16 nitrogen and oxygen atoms in total. The molecule has 1 heterocycles. The molecule has 0 radical (unpaired) electrons. The highest BCUT2D eigenvalue weighted by atomic mass is 128. The van der Waals surface area contributed by atoms with Crippen LogP contribution in [0.3, 0.4) is 0 Å². The van der Waals surface area contributed by atoms with E-state index in [9.17, 15) is 28.4 Å². The number of nitrogen functional groups attached to an aromatic ring is 1. The highest BCUT2D eigenvalue weighted by molar-refractivity contribution is 15.0. The van der Waals surface area contributed by atoms with Crippen LogP contribution in [0.2, 0.25) is 19.6 Å². The van der Waals surface area contributed by atoms with Crippen molar-refractivity contribution in [1.82, 2.24) is 10.6 Å². The first kappa shape index (κ1) is 79.9. The summed E-state index contributed by atoms with van der Waals surface area (Å²) < 4.78 is 28.5. The summed E-state index contributed by atoms with van der Waals surface area (Å²) in [6, 6.07) is 29.8. The van der Waals surface area contributed by atoms with Gasteiger partial charge in [0.25, 0.3) is 5.91 Å². The van der Waals surface area contributed by atoms with E-state index in [1.807, 2.05) is 92.1 Å². The molecule has 0 unspecified atom stereocenters. The van der Waals surface area contributed by atoms with E-state index < -0.39 is 25.2 Å². The van der Waals surface area contributed by atoms with Crippen LogP contribution in [-0.4, -0.2) is 72.9 Å². The van der Waals surface area contributed by atoms with E-state index in [1.165, 1.54) is 47.2 Å². The smallest absolute Gasteiger partial charge is 0.305 e. The average Bonchev–Trinajstić information content (AvgIpc) is 1.56. The zero-order chi connectivity index (χ0) is 69.3. The van der Waals surface area contributed by atoms with Crippen LogP contribution in [0.4, 0.5) is 48.6 Å². The Labute approximate surface area is 583 Å². The number of anilines is 4. The lowest BCUT2D eigenvalue weighted by Crippen LogP contribution is -2.55. The van der Waals surface area contributed by atoms with Crippen LogP contribution < -0.4 is 31.5 Å². The molecule has 0 atom stereocenters. The molecule has 5 N–H and O–H groups in total.